The molecule has 1 fully saturated rings. The first-order chi connectivity index (χ1) is 8.65. The highest BCUT2D eigenvalue weighted by molar-refractivity contribution is 6.32. The Hall–Kier alpha value is -1.73. The number of aldehydes is 1. The van der Waals surface area contributed by atoms with Crippen LogP contribution in [0.25, 0.3) is 0 Å². The zero-order valence-corrected chi connectivity index (χ0v) is 10.1. The van der Waals surface area contributed by atoms with Crippen molar-refractivity contribution in [1.82, 2.24) is 9.97 Å². The predicted molar refractivity (Wildman–Crippen MR) is 63.6 cm³/mol. The zero-order valence-electron chi connectivity index (χ0n) is 9.38. The molecule has 1 aliphatic heterocycles. The van der Waals surface area contributed by atoms with E-state index in [1.165, 1.54) is 6.33 Å². The summed E-state index contributed by atoms with van der Waals surface area (Å²) in [6.45, 7) is 0.987. The third-order valence-electron chi connectivity index (χ3n) is 2.66. The van der Waals surface area contributed by atoms with Crippen LogP contribution >= 0.6 is 11.6 Å². The maximum atomic E-state index is 11.4. The molecule has 1 atom stereocenters. The fourth-order valence-corrected chi connectivity index (χ4v) is 1.96. The van der Waals surface area contributed by atoms with Crippen LogP contribution in [0.5, 0.6) is 0 Å². The van der Waals surface area contributed by atoms with Crippen molar-refractivity contribution in [3.05, 3.63) is 17.0 Å². The lowest BCUT2D eigenvalue weighted by molar-refractivity contribution is -0.121. The van der Waals surface area contributed by atoms with E-state index in [4.69, 9.17) is 22.1 Å². The van der Waals surface area contributed by atoms with Crippen LogP contribution in [0.3, 0.4) is 0 Å². The second kappa shape index (κ2) is 5.28. The molecule has 8 heteroatoms. The van der Waals surface area contributed by atoms with Crippen molar-refractivity contribution in [2.75, 3.05) is 24.7 Å². The predicted octanol–water partition coefficient (Wildman–Crippen LogP) is -0.367. The number of morpholine rings is 1. The van der Waals surface area contributed by atoms with Gasteiger partial charge in [-0.1, -0.05) is 11.6 Å². The molecule has 2 N–H and O–H groups in total. The largest absolute Gasteiger partial charge is 0.377 e. The molecule has 2 rings (SSSR count). The summed E-state index contributed by atoms with van der Waals surface area (Å²) >= 11 is 5.82. The first-order valence-corrected chi connectivity index (χ1v) is 5.62. The molecule has 0 aliphatic carbocycles. The van der Waals surface area contributed by atoms with Gasteiger partial charge < -0.3 is 15.4 Å². The molecule has 1 aromatic heterocycles. The molecule has 0 saturated carbocycles. The Morgan fingerprint density at radius 2 is 2.39 bits per heavy atom. The first-order valence-electron chi connectivity index (χ1n) is 5.24. The summed E-state index contributed by atoms with van der Waals surface area (Å²) in [5, 5.41) is 0.0460. The van der Waals surface area contributed by atoms with Crippen molar-refractivity contribution in [3.63, 3.8) is 0 Å². The molecule has 0 aromatic carbocycles. The van der Waals surface area contributed by atoms with E-state index in [2.05, 4.69) is 9.97 Å². The van der Waals surface area contributed by atoms with Gasteiger partial charge in [0.05, 0.1) is 18.8 Å². The van der Waals surface area contributed by atoms with E-state index >= 15 is 0 Å². The average molecular weight is 271 g/mol. The quantitative estimate of drug-likeness (QED) is 0.594. The summed E-state index contributed by atoms with van der Waals surface area (Å²) in [6.07, 6.45) is 1.80. The number of hydrogen-bond acceptors (Lipinski definition) is 6. The van der Waals surface area contributed by atoms with E-state index in [0.29, 0.717) is 25.3 Å². The Bertz CT molecular complexity index is 482. The van der Waals surface area contributed by atoms with Crippen LogP contribution in [0, 0.1) is 0 Å². The second-order valence-corrected chi connectivity index (χ2v) is 4.06. The van der Waals surface area contributed by atoms with Crippen LogP contribution < -0.4 is 10.6 Å². The molecule has 0 spiro atoms. The van der Waals surface area contributed by atoms with Crippen LogP contribution in [0.4, 0.5) is 5.82 Å². The Morgan fingerprint density at radius 1 is 1.61 bits per heavy atom. The zero-order chi connectivity index (χ0) is 13.1. The van der Waals surface area contributed by atoms with E-state index < -0.39 is 11.9 Å². The second-order valence-electron chi connectivity index (χ2n) is 3.71. The van der Waals surface area contributed by atoms with E-state index in [9.17, 15) is 9.59 Å². The number of amides is 1. The van der Waals surface area contributed by atoms with Gasteiger partial charge in [-0.3, -0.25) is 9.59 Å². The van der Waals surface area contributed by atoms with Crippen LogP contribution in [0.15, 0.2) is 6.33 Å². The van der Waals surface area contributed by atoms with Gasteiger partial charge in [-0.2, -0.15) is 0 Å². The number of hydrogen-bond donors (Lipinski definition) is 1. The first kappa shape index (κ1) is 12.7. The fourth-order valence-electron chi connectivity index (χ4n) is 1.79. The number of nitrogens with zero attached hydrogens (tertiary/aromatic N) is 3. The number of primary amides is 1. The number of nitrogens with two attached hydrogens (primary N) is 1. The number of rotatable bonds is 3. The standard InChI is InChI=1S/C10H11ClN4O3/c11-8-6(3-16)10(14-5-13-8)15-1-2-18-4-7(15)9(12)17/h3,5,7H,1-2,4H2,(H2,12,17). The van der Waals surface area contributed by atoms with Gasteiger partial charge in [-0.05, 0) is 0 Å². The van der Waals surface area contributed by atoms with E-state index in [1.54, 1.807) is 4.90 Å². The molecule has 1 unspecified atom stereocenters. The summed E-state index contributed by atoms with van der Waals surface area (Å²) in [5.74, 6) is -0.238. The van der Waals surface area contributed by atoms with Gasteiger partial charge in [0.2, 0.25) is 5.91 Å². The van der Waals surface area contributed by atoms with Crippen molar-refractivity contribution in [3.8, 4) is 0 Å². The lowest BCUT2D eigenvalue weighted by Gasteiger charge is -2.34. The number of carbonyl (C=O) groups excluding carboxylic acids is 2. The molecular weight excluding hydrogens is 260 g/mol. The van der Waals surface area contributed by atoms with Crippen LogP contribution in [-0.2, 0) is 9.53 Å². The number of carbonyl (C=O) groups is 2. The van der Waals surface area contributed by atoms with Crippen LogP contribution in [0.2, 0.25) is 5.15 Å². The van der Waals surface area contributed by atoms with Crippen molar-refractivity contribution in [1.29, 1.82) is 0 Å². The summed E-state index contributed by atoms with van der Waals surface area (Å²) in [4.78, 5) is 31.7. The third kappa shape index (κ3) is 2.27. The molecule has 18 heavy (non-hydrogen) atoms. The van der Waals surface area contributed by atoms with Gasteiger partial charge in [0, 0.05) is 6.54 Å². The molecule has 1 aromatic rings. The minimum absolute atomic E-state index is 0.0460. The normalized spacial score (nSPS) is 19.6. The van der Waals surface area contributed by atoms with E-state index in [-0.39, 0.29) is 17.3 Å². The highest BCUT2D eigenvalue weighted by Gasteiger charge is 2.30. The van der Waals surface area contributed by atoms with Gasteiger partial charge in [-0.15, -0.1) is 0 Å². The minimum atomic E-state index is -0.664. The summed E-state index contributed by atoms with van der Waals surface area (Å²) in [5.41, 5.74) is 5.44. The maximum Gasteiger partial charge on any atom is 0.242 e. The van der Waals surface area contributed by atoms with Crippen molar-refractivity contribution >= 4 is 29.6 Å². The monoisotopic (exact) mass is 270 g/mol. The minimum Gasteiger partial charge on any atom is -0.377 e. The number of anilines is 1. The van der Waals surface area contributed by atoms with Gasteiger partial charge in [0.15, 0.2) is 6.29 Å². The number of halogens is 1. The Morgan fingerprint density at radius 3 is 3.06 bits per heavy atom. The number of aromatic nitrogens is 2. The molecule has 1 saturated heterocycles. The lowest BCUT2D eigenvalue weighted by atomic mass is 10.2. The Labute approximate surface area is 108 Å². The smallest absolute Gasteiger partial charge is 0.242 e. The molecule has 7 nitrogen and oxygen atoms in total. The highest BCUT2D eigenvalue weighted by Crippen LogP contribution is 2.24. The third-order valence-corrected chi connectivity index (χ3v) is 2.96. The van der Waals surface area contributed by atoms with Gasteiger partial charge >= 0.3 is 0 Å². The van der Waals surface area contributed by atoms with Gasteiger partial charge in [-0.25, -0.2) is 9.97 Å². The molecule has 96 valence electrons. The summed E-state index contributed by atoms with van der Waals surface area (Å²) in [6, 6.07) is -0.664. The topological polar surface area (TPSA) is 98.4 Å². The van der Waals surface area contributed by atoms with Crippen molar-refractivity contribution < 1.29 is 14.3 Å². The van der Waals surface area contributed by atoms with E-state index in [1.807, 2.05) is 0 Å². The Kier molecular flexibility index (Phi) is 3.73. The molecule has 1 amide bonds. The lowest BCUT2D eigenvalue weighted by Crippen LogP contribution is -2.53. The number of ether oxygens (including phenoxy) is 1. The van der Waals surface area contributed by atoms with Gasteiger partial charge in [0.25, 0.3) is 0 Å². The SMILES string of the molecule is NC(=O)C1COCCN1c1ncnc(Cl)c1C=O. The Balaban J connectivity index is 2.42. The highest BCUT2D eigenvalue weighted by atomic mass is 35.5. The molecule has 1 aliphatic rings. The molecule has 0 radical (unpaired) electrons. The maximum absolute atomic E-state index is 11.4. The van der Waals surface area contributed by atoms with Crippen LogP contribution in [0.1, 0.15) is 10.4 Å². The van der Waals surface area contributed by atoms with Crippen LogP contribution in [-0.4, -0.2) is 48.0 Å². The molecule has 0 bridgehead atoms. The molecular formula is C10H11ClN4O3. The summed E-state index contributed by atoms with van der Waals surface area (Å²) < 4.78 is 5.19. The van der Waals surface area contributed by atoms with Crippen molar-refractivity contribution in [2.45, 2.75) is 6.04 Å². The summed E-state index contributed by atoms with van der Waals surface area (Å²) in [7, 11) is 0. The van der Waals surface area contributed by atoms with Crippen molar-refractivity contribution in [2.24, 2.45) is 5.73 Å². The fraction of sp³-hybridized carbons (Fsp3) is 0.400. The molecule has 2 heterocycles. The average Bonchev–Trinajstić information content (AvgIpc) is 2.38. The van der Waals surface area contributed by atoms with Gasteiger partial charge in [0.1, 0.15) is 23.3 Å². The van der Waals surface area contributed by atoms with E-state index in [0.717, 1.165) is 0 Å².